The van der Waals surface area contributed by atoms with Crippen molar-refractivity contribution in [3.8, 4) is 0 Å². The molecule has 1 aromatic rings. The number of carbonyl (C=O) groups excluding carboxylic acids is 2. The quantitative estimate of drug-likeness (QED) is 0.889. The van der Waals surface area contributed by atoms with Crippen LogP contribution in [0.4, 0.5) is 10.1 Å². The number of piperidine rings is 1. The molecule has 1 N–H and O–H groups in total. The van der Waals surface area contributed by atoms with Crippen LogP contribution in [-0.4, -0.2) is 49.4 Å². The number of para-hydroxylation sites is 1. The second-order valence-corrected chi connectivity index (χ2v) is 7.61. The zero-order valence-electron chi connectivity index (χ0n) is 14.3. The molecule has 3 heterocycles. The molecule has 0 aromatic heterocycles. The summed E-state index contributed by atoms with van der Waals surface area (Å²) in [4.78, 5) is 28.5. The lowest BCUT2D eigenvalue weighted by Gasteiger charge is -2.39. The Labute approximate surface area is 147 Å². The summed E-state index contributed by atoms with van der Waals surface area (Å²) in [5, 5.41) is 3.43. The Kier molecular flexibility index (Phi) is 4.23. The summed E-state index contributed by atoms with van der Waals surface area (Å²) >= 11 is 0. The van der Waals surface area contributed by atoms with Crippen molar-refractivity contribution in [2.45, 2.75) is 25.7 Å². The number of likely N-dealkylation sites (tertiary alicyclic amines) is 1. The van der Waals surface area contributed by atoms with Crippen molar-refractivity contribution < 1.29 is 14.0 Å². The maximum Gasteiger partial charge on any atom is 0.228 e. The van der Waals surface area contributed by atoms with Gasteiger partial charge in [0.2, 0.25) is 11.8 Å². The predicted molar refractivity (Wildman–Crippen MR) is 92.6 cm³/mol. The number of amides is 2. The standard InChI is InChI=1S/C19H24FN3O2/c20-15-3-1-2-4-16(15)23-12-14(11-17(23)24)18(25)22-9-6-19(7-10-22)5-8-21-13-19/h1-4,14,21H,5-13H2. The van der Waals surface area contributed by atoms with Crippen molar-refractivity contribution in [2.24, 2.45) is 11.3 Å². The minimum absolute atomic E-state index is 0.0491. The SMILES string of the molecule is O=C(C1CC(=O)N(c2ccccc2F)C1)N1CCC2(CCNC2)CC1. The van der Waals surface area contributed by atoms with E-state index in [1.165, 1.54) is 17.4 Å². The van der Waals surface area contributed by atoms with Gasteiger partial charge in [-0.3, -0.25) is 9.59 Å². The van der Waals surface area contributed by atoms with Gasteiger partial charge in [0.05, 0.1) is 11.6 Å². The molecule has 1 aromatic carbocycles. The molecular formula is C19H24FN3O2. The number of nitrogens with zero attached hydrogens (tertiary/aromatic N) is 2. The van der Waals surface area contributed by atoms with E-state index in [0.29, 0.717) is 5.41 Å². The van der Waals surface area contributed by atoms with E-state index in [4.69, 9.17) is 0 Å². The Morgan fingerprint density at radius 1 is 1.20 bits per heavy atom. The summed E-state index contributed by atoms with van der Waals surface area (Å²) in [6.45, 7) is 3.94. The Bertz CT molecular complexity index is 677. The average molecular weight is 345 g/mol. The second-order valence-electron chi connectivity index (χ2n) is 7.61. The molecule has 0 radical (unpaired) electrons. The highest BCUT2D eigenvalue weighted by molar-refractivity contribution is 6.00. The second kappa shape index (κ2) is 6.41. The van der Waals surface area contributed by atoms with Gasteiger partial charge in [0, 0.05) is 32.6 Å². The van der Waals surface area contributed by atoms with Crippen molar-refractivity contribution in [3.05, 3.63) is 30.1 Å². The first kappa shape index (κ1) is 16.5. The van der Waals surface area contributed by atoms with Crippen LogP contribution in [0.15, 0.2) is 24.3 Å². The lowest BCUT2D eigenvalue weighted by molar-refractivity contribution is -0.137. The van der Waals surface area contributed by atoms with Crippen molar-refractivity contribution >= 4 is 17.5 Å². The normalized spacial score (nSPS) is 25.8. The molecule has 5 nitrogen and oxygen atoms in total. The van der Waals surface area contributed by atoms with Crippen LogP contribution in [0.2, 0.25) is 0 Å². The molecule has 0 saturated carbocycles. The van der Waals surface area contributed by atoms with Crippen LogP contribution < -0.4 is 10.2 Å². The molecular weight excluding hydrogens is 321 g/mol. The summed E-state index contributed by atoms with van der Waals surface area (Å²) in [5.41, 5.74) is 0.638. The zero-order valence-corrected chi connectivity index (χ0v) is 14.3. The highest BCUT2D eigenvalue weighted by Crippen LogP contribution is 2.38. The van der Waals surface area contributed by atoms with E-state index < -0.39 is 5.82 Å². The summed E-state index contributed by atoms with van der Waals surface area (Å²) < 4.78 is 14.0. The van der Waals surface area contributed by atoms with Crippen molar-refractivity contribution in [1.29, 1.82) is 0 Å². The lowest BCUT2D eigenvalue weighted by Crippen LogP contribution is -2.46. The largest absolute Gasteiger partial charge is 0.342 e. The van der Waals surface area contributed by atoms with Gasteiger partial charge < -0.3 is 15.1 Å². The van der Waals surface area contributed by atoms with Crippen LogP contribution in [-0.2, 0) is 9.59 Å². The molecule has 3 fully saturated rings. The molecule has 3 aliphatic heterocycles. The summed E-state index contributed by atoms with van der Waals surface area (Å²) in [5.74, 6) is -0.898. The molecule has 3 aliphatic rings. The summed E-state index contributed by atoms with van der Waals surface area (Å²) in [6, 6.07) is 6.25. The average Bonchev–Trinajstić information content (AvgIpc) is 3.23. The van der Waals surface area contributed by atoms with Crippen molar-refractivity contribution in [2.75, 3.05) is 37.6 Å². The fraction of sp³-hybridized carbons (Fsp3) is 0.579. The maximum absolute atomic E-state index is 14.0. The van der Waals surface area contributed by atoms with E-state index in [-0.39, 0.29) is 36.4 Å². The maximum atomic E-state index is 14.0. The number of nitrogens with one attached hydrogen (secondary N) is 1. The van der Waals surface area contributed by atoms with Gasteiger partial charge in [0.25, 0.3) is 0 Å². The number of halogens is 1. The van der Waals surface area contributed by atoms with Gasteiger partial charge in [-0.05, 0) is 43.4 Å². The van der Waals surface area contributed by atoms with Crippen LogP contribution in [0.5, 0.6) is 0 Å². The molecule has 1 spiro atoms. The summed E-state index contributed by atoms with van der Waals surface area (Å²) in [6.07, 6.45) is 3.43. The Morgan fingerprint density at radius 3 is 2.64 bits per heavy atom. The first-order valence-corrected chi connectivity index (χ1v) is 9.12. The third-order valence-corrected chi connectivity index (χ3v) is 6.09. The Balaban J connectivity index is 1.40. The van der Waals surface area contributed by atoms with E-state index in [2.05, 4.69) is 5.32 Å². The van der Waals surface area contributed by atoms with Gasteiger partial charge in [0.15, 0.2) is 0 Å². The minimum Gasteiger partial charge on any atom is -0.342 e. The molecule has 1 atom stereocenters. The van der Waals surface area contributed by atoms with Crippen molar-refractivity contribution in [3.63, 3.8) is 0 Å². The molecule has 0 aliphatic carbocycles. The fourth-order valence-corrected chi connectivity index (χ4v) is 4.46. The van der Waals surface area contributed by atoms with E-state index in [9.17, 15) is 14.0 Å². The van der Waals surface area contributed by atoms with Crippen LogP contribution in [0.1, 0.15) is 25.7 Å². The molecule has 3 saturated heterocycles. The monoisotopic (exact) mass is 345 g/mol. The Morgan fingerprint density at radius 2 is 1.96 bits per heavy atom. The number of hydrogen-bond donors (Lipinski definition) is 1. The first-order chi connectivity index (χ1) is 12.1. The van der Waals surface area contributed by atoms with E-state index in [1.54, 1.807) is 18.2 Å². The molecule has 6 heteroatoms. The number of carbonyl (C=O) groups is 2. The minimum atomic E-state index is -0.419. The van der Waals surface area contributed by atoms with E-state index >= 15 is 0 Å². The first-order valence-electron chi connectivity index (χ1n) is 9.12. The highest BCUT2D eigenvalue weighted by Gasteiger charge is 2.42. The van der Waals surface area contributed by atoms with Gasteiger partial charge in [-0.15, -0.1) is 0 Å². The molecule has 0 bridgehead atoms. The van der Waals surface area contributed by atoms with E-state index in [1.807, 2.05) is 4.90 Å². The molecule has 1 unspecified atom stereocenters. The van der Waals surface area contributed by atoms with Gasteiger partial charge in [-0.2, -0.15) is 0 Å². The lowest BCUT2D eigenvalue weighted by atomic mass is 9.77. The van der Waals surface area contributed by atoms with Gasteiger partial charge in [-0.1, -0.05) is 12.1 Å². The van der Waals surface area contributed by atoms with Crippen LogP contribution in [0.25, 0.3) is 0 Å². The smallest absolute Gasteiger partial charge is 0.228 e. The van der Waals surface area contributed by atoms with Gasteiger partial charge >= 0.3 is 0 Å². The zero-order chi connectivity index (χ0) is 17.4. The van der Waals surface area contributed by atoms with Gasteiger partial charge in [0.1, 0.15) is 5.82 Å². The Hall–Kier alpha value is -1.95. The van der Waals surface area contributed by atoms with Crippen molar-refractivity contribution in [1.82, 2.24) is 10.2 Å². The molecule has 25 heavy (non-hydrogen) atoms. The van der Waals surface area contributed by atoms with Gasteiger partial charge in [-0.25, -0.2) is 4.39 Å². The topological polar surface area (TPSA) is 52.7 Å². The number of benzene rings is 1. The number of hydrogen-bond acceptors (Lipinski definition) is 3. The van der Waals surface area contributed by atoms with Crippen LogP contribution in [0, 0.1) is 17.2 Å². The third kappa shape index (κ3) is 3.03. The molecule has 134 valence electrons. The van der Waals surface area contributed by atoms with Crippen LogP contribution in [0.3, 0.4) is 0 Å². The third-order valence-electron chi connectivity index (χ3n) is 6.09. The van der Waals surface area contributed by atoms with E-state index in [0.717, 1.165) is 39.0 Å². The molecule has 4 rings (SSSR count). The number of rotatable bonds is 2. The fourth-order valence-electron chi connectivity index (χ4n) is 4.46. The summed E-state index contributed by atoms with van der Waals surface area (Å²) in [7, 11) is 0. The number of anilines is 1. The molecule has 2 amide bonds. The highest BCUT2D eigenvalue weighted by atomic mass is 19.1. The predicted octanol–water partition coefficient (Wildman–Crippen LogP) is 1.78. The van der Waals surface area contributed by atoms with Crippen LogP contribution >= 0.6 is 0 Å².